The number of aryl methyl sites for hydroxylation is 2. The molecule has 6 nitrogen and oxygen atoms in total. The average Bonchev–Trinajstić information content (AvgIpc) is 3.07. The first-order chi connectivity index (χ1) is 15.7. The lowest BCUT2D eigenvalue weighted by Crippen LogP contribution is -2.45. The van der Waals surface area contributed by atoms with Crippen LogP contribution >= 0.6 is 11.6 Å². The molecule has 1 atom stereocenters. The third-order valence-electron chi connectivity index (χ3n) is 5.64. The normalized spacial score (nSPS) is 16.6. The second kappa shape index (κ2) is 9.09. The van der Waals surface area contributed by atoms with Crippen LogP contribution in [0.15, 0.2) is 77.7 Å². The van der Waals surface area contributed by atoms with E-state index >= 15 is 0 Å². The predicted molar refractivity (Wildman–Crippen MR) is 127 cm³/mol. The fraction of sp³-hybridized carbons (Fsp3) is 0.200. The Kier molecular flexibility index (Phi) is 6.38. The van der Waals surface area contributed by atoms with Crippen LogP contribution in [0, 0.1) is 13.8 Å². The van der Waals surface area contributed by atoms with E-state index in [2.05, 4.69) is 0 Å². The van der Waals surface area contributed by atoms with E-state index in [1.807, 2.05) is 38.1 Å². The van der Waals surface area contributed by atoms with E-state index in [9.17, 15) is 18.0 Å². The van der Waals surface area contributed by atoms with Crippen molar-refractivity contribution in [2.75, 3.05) is 4.90 Å². The molecule has 0 bridgehead atoms. The molecule has 3 aromatic carbocycles. The lowest BCUT2D eigenvalue weighted by molar-refractivity contribution is -0.122. The van der Waals surface area contributed by atoms with Gasteiger partial charge in [0.05, 0.1) is 17.0 Å². The zero-order valence-corrected chi connectivity index (χ0v) is 19.8. The Hall–Kier alpha value is -3.00. The Morgan fingerprint density at radius 2 is 1.42 bits per heavy atom. The highest BCUT2D eigenvalue weighted by Crippen LogP contribution is 2.31. The molecule has 1 fully saturated rings. The molecule has 3 aromatic rings. The number of nitrogens with zero attached hydrogens (tertiary/aromatic N) is 2. The van der Waals surface area contributed by atoms with Gasteiger partial charge < -0.3 is 0 Å². The number of hydrogen-bond donors (Lipinski definition) is 0. The average molecular weight is 483 g/mol. The fourth-order valence-electron chi connectivity index (χ4n) is 3.78. The van der Waals surface area contributed by atoms with Gasteiger partial charge in [0, 0.05) is 11.6 Å². The van der Waals surface area contributed by atoms with Gasteiger partial charge in [-0.3, -0.25) is 9.59 Å². The molecule has 1 saturated heterocycles. The lowest BCUT2D eigenvalue weighted by atomic mass is 10.1. The Labute approximate surface area is 198 Å². The summed E-state index contributed by atoms with van der Waals surface area (Å²) in [5.74, 6) is -1.04. The minimum Gasteiger partial charge on any atom is -0.274 e. The van der Waals surface area contributed by atoms with Crippen molar-refractivity contribution in [3.05, 3.63) is 94.5 Å². The summed E-state index contributed by atoms with van der Waals surface area (Å²) in [6.07, 6.45) is -0.238. The highest BCUT2D eigenvalue weighted by molar-refractivity contribution is 7.89. The van der Waals surface area contributed by atoms with Crippen LogP contribution in [0.3, 0.4) is 0 Å². The van der Waals surface area contributed by atoms with Crippen molar-refractivity contribution in [1.82, 2.24) is 4.31 Å². The molecular weight excluding hydrogens is 460 g/mol. The van der Waals surface area contributed by atoms with Crippen molar-refractivity contribution in [2.24, 2.45) is 0 Å². The molecule has 0 aromatic heterocycles. The number of anilines is 1. The molecule has 1 unspecified atom stereocenters. The van der Waals surface area contributed by atoms with Gasteiger partial charge in [0.15, 0.2) is 0 Å². The third-order valence-corrected chi connectivity index (χ3v) is 7.76. The number of sulfonamides is 1. The predicted octanol–water partition coefficient (Wildman–Crippen LogP) is 4.48. The first-order valence-corrected chi connectivity index (χ1v) is 12.2. The molecule has 0 aliphatic carbocycles. The van der Waals surface area contributed by atoms with Gasteiger partial charge in [-0.15, -0.1) is 0 Å². The number of carbonyl (C=O) groups is 2. The Morgan fingerprint density at radius 1 is 0.879 bits per heavy atom. The van der Waals surface area contributed by atoms with Gasteiger partial charge in [-0.2, -0.15) is 4.31 Å². The Balaban J connectivity index is 1.74. The molecule has 1 heterocycles. The molecule has 1 aliphatic heterocycles. The van der Waals surface area contributed by atoms with E-state index < -0.39 is 27.9 Å². The maximum absolute atomic E-state index is 13.7. The van der Waals surface area contributed by atoms with E-state index in [4.69, 9.17) is 11.6 Å². The first-order valence-electron chi connectivity index (χ1n) is 10.4. The zero-order chi connectivity index (χ0) is 23.8. The van der Waals surface area contributed by atoms with Gasteiger partial charge in [-0.25, -0.2) is 13.3 Å². The smallest absolute Gasteiger partial charge is 0.252 e. The summed E-state index contributed by atoms with van der Waals surface area (Å²) >= 11 is 5.93. The van der Waals surface area contributed by atoms with Crippen molar-refractivity contribution >= 4 is 39.1 Å². The summed E-state index contributed by atoms with van der Waals surface area (Å²) in [4.78, 5) is 27.3. The van der Waals surface area contributed by atoms with Crippen LogP contribution in [0.25, 0.3) is 0 Å². The largest absolute Gasteiger partial charge is 0.274 e. The van der Waals surface area contributed by atoms with Crippen LogP contribution in [0.1, 0.15) is 23.1 Å². The minimum atomic E-state index is -4.07. The molecule has 4 rings (SSSR count). The maximum Gasteiger partial charge on any atom is 0.252 e. The van der Waals surface area contributed by atoms with Crippen LogP contribution < -0.4 is 4.90 Å². The summed E-state index contributed by atoms with van der Waals surface area (Å²) in [6, 6.07) is 19.0. The quantitative estimate of drug-likeness (QED) is 0.485. The summed E-state index contributed by atoms with van der Waals surface area (Å²) < 4.78 is 28.5. The molecule has 170 valence electrons. The summed E-state index contributed by atoms with van der Waals surface area (Å²) in [7, 11) is -4.07. The molecular formula is C25H23ClN2O4S. The van der Waals surface area contributed by atoms with Crippen LogP contribution in [0.2, 0.25) is 5.02 Å². The Morgan fingerprint density at radius 3 is 2.00 bits per heavy atom. The van der Waals surface area contributed by atoms with Crippen molar-refractivity contribution in [3.8, 4) is 0 Å². The van der Waals surface area contributed by atoms with Crippen molar-refractivity contribution < 1.29 is 18.0 Å². The van der Waals surface area contributed by atoms with E-state index in [1.165, 1.54) is 12.1 Å². The van der Waals surface area contributed by atoms with Crippen LogP contribution in [0.4, 0.5) is 5.69 Å². The van der Waals surface area contributed by atoms with E-state index in [-0.39, 0.29) is 17.9 Å². The van der Waals surface area contributed by atoms with Crippen LogP contribution in [-0.2, 0) is 26.2 Å². The number of rotatable bonds is 6. The van der Waals surface area contributed by atoms with E-state index in [1.54, 1.807) is 36.4 Å². The van der Waals surface area contributed by atoms with Crippen LogP contribution in [0.5, 0.6) is 0 Å². The molecule has 0 radical (unpaired) electrons. The number of hydrogen-bond acceptors (Lipinski definition) is 4. The van der Waals surface area contributed by atoms with Crippen LogP contribution in [-0.4, -0.2) is 30.6 Å². The van der Waals surface area contributed by atoms with Gasteiger partial charge >= 0.3 is 0 Å². The molecule has 2 amide bonds. The number of carbonyl (C=O) groups excluding carboxylic acids is 2. The van der Waals surface area contributed by atoms with Gasteiger partial charge in [-0.05, 0) is 55.8 Å². The standard InChI is InChI=1S/C25H23ClN2O4S/c1-17-3-7-19(8-4-17)16-27(33(31,32)22-13-5-18(2)6-14-22)23-15-24(29)28(25(23)30)21-11-9-20(26)10-12-21/h3-14,23H,15-16H2,1-2H3. The van der Waals surface area contributed by atoms with Crippen molar-refractivity contribution in [1.29, 1.82) is 0 Å². The zero-order valence-electron chi connectivity index (χ0n) is 18.2. The molecule has 0 N–H and O–H groups in total. The summed E-state index contributed by atoms with van der Waals surface area (Å²) in [6.45, 7) is 3.77. The third kappa shape index (κ3) is 4.71. The maximum atomic E-state index is 13.7. The minimum absolute atomic E-state index is 0.0331. The lowest BCUT2D eigenvalue weighted by Gasteiger charge is -2.27. The highest BCUT2D eigenvalue weighted by atomic mass is 35.5. The first kappa shape index (κ1) is 23.2. The molecule has 0 saturated carbocycles. The topological polar surface area (TPSA) is 74.8 Å². The van der Waals surface area contributed by atoms with Crippen molar-refractivity contribution in [3.63, 3.8) is 0 Å². The molecule has 33 heavy (non-hydrogen) atoms. The molecule has 0 spiro atoms. The van der Waals surface area contributed by atoms with E-state index in [0.717, 1.165) is 25.9 Å². The molecule has 1 aliphatic rings. The number of halogens is 1. The SMILES string of the molecule is Cc1ccc(CN(C2CC(=O)N(c3ccc(Cl)cc3)C2=O)S(=O)(=O)c2ccc(C)cc2)cc1. The Bertz CT molecular complexity index is 1290. The van der Waals surface area contributed by atoms with Gasteiger partial charge in [0.2, 0.25) is 15.9 Å². The van der Waals surface area contributed by atoms with Crippen molar-refractivity contribution in [2.45, 2.75) is 37.8 Å². The second-order valence-electron chi connectivity index (χ2n) is 8.11. The highest BCUT2D eigenvalue weighted by Gasteiger charge is 2.47. The van der Waals surface area contributed by atoms with Gasteiger partial charge in [-0.1, -0.05) is 59.1 Å². The monoisotopic (exact) mass is 482 g/mol. The van der Waals surface area contributed by atoms with Gasteiger partial charge in [0.1, 0.15) is 6.04 Å². The number of benzene rings is 3. The summed E-state index contributed by atoms with van der Waals surface area (Å²) in [5.41, 5.74) is 3.04. The summed E-state index contributed by atoms with van der Waals surface area (Å²) in [5, 5.41) is 0.470. The number of imide groups is 1. The fourth-order valence-corrected chi connectivity index (χ4v) is 5.48. The number of amides is 2. The van der Waals surface area contributed by atoms with Gasteiger partial charge in [0.25, 0.3) is 5.91 Å². The van der Waals surface area contributed by atoms with E-state index in [0.29, 0.717) is 10.7 Å². The second-order valence-corrected chi connectivity index (χ2v) is 10.4. The molecule has 8 heteroatoms.